The maximum Gasteiger partial charge on any atom is 0.245 e. The van der Waals surface area contributed by atoms with Crippen molar-refractivity contribution in [2.75, 3.05) is 30.8 Å². The molecule has 1 aliphatic heterocycles. The van der Waals surface area contributed by atoms with Gasteiger partial charge in [-0.3, -0.25) is 14.8 Å². The molecule has 0 atom stereocenters. The van der Waals surface area contributed by atoms with E-state index in [9.17, 15) is 4.79 Å². The van der Waals surface area contributed by atoms with Crippen molar-refractivity contribution < 1.29 is 18.7 Å². The Morgan fingerprint density at radius 3 is 2.66 bits per heavy atom. The lowest BCUT2D eigenvalue weighted by Crippen LogP contribution is -2.41. The zero-order chi connectivity index (χ0) is 31.1. The average molecular weight is 597 g/mol. The summed E-state index contributed by atoms with van der Waals surface area (Å²) in [6.45, 7) is 6.73. The van der Waals surface area contributed by atoms with Crippen LogP contribution in [0.2, 0.25) is 0 Å². The molecular formula is C32H33FN8O3. The Balaban J connectivity index is 1.29. The Morgan fingerprint density at radius 1 is 1.14 bits per heavy atom. The number of piperidine rings is 1. The van der Waals surface area contributed by atoms with E-state index in [1.807, 2.05) is 31.2 Å². The van der Waals surface area contributed by atoms with Gasteiger partial charge in [-0.15, -0.1) is 0 Å². The van der Waals surface area contributed by atoms with Gasteiger partial charge in [0.1, 0.15) is 29.5 Å². The molecule has 0 bridgehead atoms. The van der Waals surface area contributed by atoms with Crippen LogP contribution in [0.4, 0.5) is 27.3 Å². The molecule has 2 aromatic carbocycles. The van der Waals surface area contributed by atoms with Crippen molar-refractivity contribution in [2.45, 2.75) is 25.8 Å². The van der Waals surface area contributed by atoms with E-state index in [0.29, 0.717) is 41.2 Å². The highest BCUT2D eigenvalue weighted by atomic mass is 19.1. The number of hydrogen-bond acceptors (Lipinski definition) is 10. The van der Waals surface area contributed by atoms with Crippen LogP contribution in [0.5, 0.6) is 11.5 Å². The molecule has 1 aliphatic rings. The van der Waals surface area contributed by atoms with Crippen LogP contribution in [-0.2, 0) is 4.79 Å². The number of nitrogens with two attached hydrogens (primary N) is 1. The number of rotatable bonds is 10. The first-order valence-electron chi connectivity index (χ1n) is 14.0. The number of anilines is 3. The van der Waals surface area contributed by atoms with Crippen molar-refractivity contribution in [3.63, 3.8) is 0 Å². The third kappa shape index (κ3) is 7.27. The molecule has 3 heterocycles. The number of amides is 1. The van der Waals surface area contributed by atoms with Gasteiger partial charge in [-0.25, -0.2) is 14.4 Å². The predicted octanol–water partition coefficient (Wildman–Crippen LogP) is 5.39. The van der Waals surface area contributed by atoms with E-state index in [2.05, 4.69) is 37.2 Å². The Kier molecular flexibility index (Phi) is 9.28. The van der Waals surface area contributed by atoms with Gasteiger partial charge in [-0.1, -0.05) is 6.58 Å². The minimum atomic E-state index is -0.561. The number of aliphatic imine (C=N–C) groups is 1. The Hall–Kier alpha value is -5.52. The number of ether oxygens (including phenoxy) is 2. The summed E-state index contributed by atoms with van der Waals surface area (Å²) in [5.74, 6) is 0.674. The Labute approximate surface area is 254 Å². The normalized spacial score (nSPS) is 14.1. The summed E-state index contributed by atoms with van der Waals surface area (Å²) >= 11 is 0. The summed E-state index contributed by atoms with van der Waals surface area (Å²) in [5, 5.41) is 7.27. The van der Waals surface area contributed by atoms with E-state index in [-0.39, 0.29) is 29.3 Å². The summed E-state index contributed by atoms with van der Waals surface area (Å²) in [6, 6.07) is 11.9. The summed E-state index contributed by atoms with van der Waals surface area (Å²) < 4.78 is 26.3. The van der Waals surface area contributed by atoms with Gasteiger partial charge in [-0.2, -0.15) is 0 Å². The number of halogens is 1. The molecule has 0 radical (unpaired) electrons. The molecule has 11 nitrogen and oxygen atoms in total. The molecule has 4 N–H and O–H groups in total. The number of aryl methyl sites for hydroxylation is 1. The molecule has 0 spiro atoms. The van der Waals surface area contributed by atoms with Crippen LogP contribution in [0.15, 0.2) is 84.6 Å². The summed E-state index contributed by atoms with van der Waals surface area (Å²) in [5.41, 5.74) is 9.07. The lowest BCUT2D eigenvalue weighted by molar-refractivity contribution is -0.126. The molecule has 226 valence electrons. The van der Waals surface area contributed by atoms with Gasteiger partial charge in [0.15, 0.2) is 5.88 Å². The smallest absolute Gasteiger partial charge is 0.245 e. The number of fused-ring (bicyclic) bond motifs is 1. The second kappa shape index (κ2) is 13.6. The maximum atomic E-state index is 15.2. The topological polar surface area (TPSA) is 140 Å². The van der Waals surface area contributed by atoms with E-state index in [0.717, 1.165) is 24.2 Å². The first-order valence-corrected chi connectivity index (χ1v) is 14.0. The van der Waals surface area contributed by atoms with Gasteiger partial charge in [0.2, 0.25) is 5.91 Å². The molecule has 2 aromatic heterocycles. The van der Waals surface area contributed by atoms with Gasteiger partial charge in [0.25, 0.3) is 0 Å². The number of aromatic nitrogens is 3. The Bertz CT molecular complexity index is 1720. The number of nitrogens with one attached hydrogen (secondary N) is 2. The molecule has 0 saturated carbocycles. The van der Waals surface area contributed by atoms with Gasteiger partial charge in [0, 0.05) is 54.6 Å². The van der Waals surface area contributed by atoms with Crippen molar-refractivity contribution in [2.24, 2.45) is 10.7 Å². The van der Waals surface area contributed by atoms with Crippen LogP contribution < -0.4 is 25.8 Å². The minimum Gasteiger partial charge on any atom is -0.495 e. The van der Waals surface area contributed by atoms with Crippen LogP contribution in [-0.4, -0.2) is 58.2 Å². The van der Waals surface area contributed by atoms with Crippen LogP contribution in [0.1, 0.15) is 18.5 Å². The number of methoxy groups -OCH3 is 1. The van der Waals surface area contributed by atoms with E-state index in [1.165, 1.54) is 30.8 Å². The second-order valence-corrected chi connectivity index (χ2v) is 10.1. The molecule has 0 unspecified atom stereocenters. The predicted molar refractivity (Wildman–Crippen MR) is 169 cm³/mol. The standard InChI is InChI=1S/C32H33FN8O3/c1-4-31(42)41-13-10-21(11-14-41)39-28-16-24-27(17-29(28)43-3)37-19-38-32(24)40-26-8-7-23(15-25(26)33)44-30(34)9-12-35-22-6-5-20(2)36-18-22/h4-9,12,15-19,21,39H,1,10-11,13-14,34H2,2-3H3,(H,37,38,40)/b30-9+,35-12?. The lowest BCUT2D eigenvalue weighted by Gasteiger charge is -2.32. The van der Waals surface area contributed by atoms with E-state index < -0.39 is 5.82 Å². The number of carbonyl (C=O) groups excluding carboxylic acids is 1. The SMILES string of the molecule is C=CC(=O)N1CCC(Nc2cc3c(Nc4ccc(O/C(N)=C/C=Nc5ccc(C)nc5)cc4F)ncnc3cc2OC)CC1. The van der Waals surface area contributed by atoms with Crippen LogP contribution in [0.3, 0.4) is 0 Å². The van der Waals surface area contributed by atoms with Crippen molar-refractivity contribution in [3.05, 3.63) is 91.1 Å². The molecule has 12 heteroatoms. The van der Waals surface area contributed by atoms with Gasteiger partial charge < -0.3 is 30.7 Å². The molecule has 1 saturated heterocycles. The van der Waals surface area contributed by atoms with Gasteiger partial charge in [-0.05, 0) is 56.2 Å². The molecule has 5 rings (SSSR count). The number of nitrogens with zero attached hydrogens (tertiary/aromatic N) is 5. The molecule has 4 aromatic rings. The van der Waals surface area contributed by atoms with Crippen molar-refractivity contribution >= 4 is 45.9 Å². The van der Waals surface area contributed by atoms with Crippen molar-refractivity contribution in [1.29, 1.82) is 0 Å². The molecule has 44 heavy (non-hydrogen) atoms. The van der Waals surface area contributed by atoms with Crippen LogP contribution in [0, 0.1) is 12.7 Å². The largest absolute Gasteiger partial charge is 0.495 e. The molecular weight excluding hydrogens is 563 g/mol. The fraction of sp³-hybridized carbons (Fsp3) is 0.219. The van der Waals surface area contributed by atoms with Crippen molar-refractivity contribution in [3.8, 4) is 11.5 Å². The second-order valence-electron chi connectivity index (χ2n) is 10.1. The quantitative estimate of drug-likeness (QED) is 0.125. The third-order valence-electron chi connectivity index (χ3n) is 7.08. The van der Waals surface area contributed by atoms with Crippen LogP contribution >= 0.6 is 0 Å². The lowest BCUT2D eigenvalue weighted by atomic mass is 10.0. The monoisotopic (exact) mass is 596 g/mol. The average Bonchev–Trinajstić information content (AvgIpc) is 3.03. The summed E-state index contributed by atoms with van der Waals surface area (Å²) in [7, 11) is 1.59. The molecule has 0 aliphatic carbocycles. The van der Waals surface area contributed by atoms with E-state index in [4.69, 9.17) is 15.2 Å². The first-order chi connectivity index (χ1) is 21.3. The minimum absolute atomic E-state index is 0.0441. The number of carbonyl (C=O) groups is 1. The zero-order valence-electron chi connectivity index (χ0n) is 24.5. The zero-order valence-corrected chi connectivity index (χ0v) is 24.5. The Morgan fingerprint density at radius 2 is 1.95 bits per heavy atom. The molecule has 1 amide bonds. The number of likely N-dealkylation sites (tertiary alicyclic amines) is 1. The van der Waals surface area contributed by atoms with E-state index >= 15 is 4.39 Å². The fourth-order valence-electron chi connectivity index (χ4n) is 4.75. The number of allylic oxidation sites excluding steroid dienone is 1. The third-order valence-corrected chi connectivity index (χ3v) is 7.08. The highest BCUT2D eigenvalue weighted by Gasteiger charge is 2.22. The summed E-state index contributed by atoms with van der Waals surface area (Å²) in [6.07, 6.45) is 8.89. The highest BCUT2D eigenvalue weighted by molar-refractivity contribution is 5.95. The number of hydrogen-bond donors (Lipinski definition) is 3. The fourth-order valence-corrected chi connectivity index (χ4v) is 4.75. The van der Waals surface area contributed by atoms with Gasteiger partial charge >= 0.3 is 0 Å². The molecule has 1 fully saturated rings. The van der Waals surface area contributed by atoms with Crippen LogP contribution in [0.25, 0.3) is 10.9 Å². The van der Waals surface area contributed by atoms with Gasteiger partial charge in [0.05, 0.1) is 35.9 Å². The maximum absolute atomic E-state index is 15.2. The number of benzene rings is 2. The number of pyridine rings is 1. The van der Waals surface area contributed by atoms with Crippen molar-refractivity contribution in [1.82, 2.24) is 19.9 Å². The summed E-state index contributed by atoms with van der Waals surface area (Å²) in [4.78, 5) is 30.9. The van der Waals surface area contributed by atoms with E-state index in [1.54, 1.807) is 30.3 Å². The highest BCUT2D eigenvalue weighted by Crippen LogP contribution is 2.35. The first kappa shape index (κ1) is 30.0.